The number of hydrogen-bond donors (Lipinski definition) is 1. The molecule has 15 heavy (non-hydrogen) atoms. The Morgan fingerprint density at radius 3 is 2.87 bits per heavy atom. The Kier molecular flexibility index (Phi) is 4.74. The molecule has 1 rings (SSSR count). The van der Waals surface area contributed by atoms with Gasteiger partial charge in [0.05, 0.1) is 12.8 Å². The second-order valence-electron chi connectivity index (χ2n) is 3.33. The molecule has 1 aromatic heterocycles. The van der Waals surface area contributed by atoms with E-state index in [2.05, 4.69) is 18.8 Å². The maximum absolute atomic E-state index is 5.87. The Bertz CT molecular complexity index is 293. The van der Waals surface area contributed by atoms with Gasteiger partial charge < -0.3 is 15.1 Å². The van der Waals surface area contributed by atoms with Crippen LogP contribution in [0.15, 0.2) is 27.8 Å². The molecule has 2 N–H and O–H groups in total. The minimum absolute atomic E-state index is 0.593. The summed E-state index contributed by atoms with van der Waals surface area (Å²) in [6.07, 6.45) is 2.68. The van der Waals surface area contributed by atoms with Gasteiger partial charge in [0, 0.05) is 13.1 Å². The van der Waals surface area contributed by atoms with Gasteiger partial charge in [0.15, 0.2) is 5.96 Å². The molecule has 0 saturated heterocycles. The van der Waals surface area contributed by atoms with Crippen molar-refractivity contribution < 1.29 is 4.42 Å². The van der Waals surface area contributed by atoms with Gasteiger partial charge in [-0.1, -0.05) is 6.92 Å². The molecule has 0 amide bonds. The first-order chi connectivity index (χ1) is 7.27. The topological polar surface area (TPSA) is 54.8 Å². The Morgan fingerprint density at radius 2 is 2.33 bits per heavy atom. The largest absolute Gasteiger partial charge is 0.467 e. The van der Waals surface area contributed by atoms with Crippen LogP contribution in [0.3, 0.4) is 0 Å². The predicted molar refractivity (Wildman–Crippen MR) is 61.6 cm³/mol. The first-order valence-corrected chi connectivity index (χ1v) is 5.35. The molecular formula is C11H19N3O. The molecule has 84 valence electrons. The average molecular weight is 209 g/mol. The van der Waals surface area contributed by atoms with Crippen molar-refractivity contribution >= 4 is 5.96 Å². The molecule has 0 radical (unpaired) electrons. The molecule has 0 aliphatic heterocycles. The maximum Gasteiger partial charge on any atom is 0.191 e. The number of guanidine groups is 1. The van der Waals surface area contributed by atoms with Crippen LogP contribution in [0.2, 0.25) is 0 Å². The van der Waals surface area contributed by atoms with Crippen LogP contribution in [0.25, 0.3) is 0 Å². The highest BCUT2D eigenvalue weighted by atomic mass is 16.3. The van der Waals surface area contributed by atoms with Crippen molar-refractivity contribution in [2.24, 2.45) is 10.7 Å². The zero-order valence-electron chi connectivity index (χ0n) is 9.44. The van der Waals surface area contributed by atoms with Gasteiger partial charge in [0.2, 0.25) is 0 Å². The molecule has 0 bridgehead atoms. The number of aliphatic imine (C=N–C) groups is 1. The highest BCUT2D eigenvalue weighted by Crippen LogP contribution is 2.04. The summed E-state index contributed by atoms with van der Waals surface area (Å²) in [5.74, 6) is 1.50. The molecule has 4 nitrogen and oxygen atoms in total. The lowest BCUT2D eigenvalue weighted by atomic mass is 10.4. The fourth-order valence-corrected chi connectivity index (χ4v) is 1.27. The summed E-state index contributed by atoms with van der Waals surface area (Å²) < 4.78 is 5.27. The minimum atomic E-state index is 0.593. The molecule has 0 saturated carbocycles. The van der Waals surface area contributed by atoms with Crippen molar-refractivity contribution in [1.29, 1.82) is 0 Å². The van der Waals surface area contributed by atoms with E-state index >= 15 is 0 Å². The Balaban J connectivity index is 2.55. The lowest BCUT2D eigenvalue weighted by Crippen LogP contribution is -2.36. The van der Waals surface area contributed by atoms with Crippen LogP contribution in [0, 0.1) is 0 Å². The van der Waals surface area contributed by atoms with Gasteiger partial charge in [-0.15, -0.1) is 0 Å². The van der Waals surface area contributed by atoms with E-state index in [4.69, 9.17) is 10.2 Å². The van der Waals surface area contributed by atoms with Crippen LogP contribution >= 0.6 is 0 Å². The monoisotopic (exact) mass is 209 g/mol. The number of rotatable bonds is 5. The van der Waals surface area contributed by atoms with Gasteiger partial charge in [-0.2, -0.15) is 0 Å². The second-order valence-corrected chi connectivity index (χ2v) is 3.33. The third-order valence-corrected chi connectivity index (χ3v) is 2.13. The molecule has 1 aromatic rings. The van der Waals surface area contributed by atoms with Crippen LogP contribution in [-0.2, 0) is 6.54 Å². The number of nitrogens with two attached hydrogens (primary N) is 1. The zero-order valence-corrected chi connectivity index (χ0v) is 9.44. The van der Waals surface area contributed by atoms with E-state index in [1.54, 1.807) is 6.26 Å². The normalized spacial score (nSPS) is 11.7. The molecule has 0 unspecified atom stereocenters. The van der Waals surface area contributed by atoms with E-state index in [0.29, 0.717) is 12.5 Å². The third-order valence-electron chi connectivity index (χ3n) is 2.13. The Labute approximate surface area is 90.8 Å². The first-order valence-electron chi connectivity index (χ1n) is 5.35. The zero-order chi connectivity index (χ0) is 11.1. The van der Waals surface area contributed by atoms with Crippen LogP contribution in [0.5, 0.6) is 0 Å². The number of furan rings is 1. The van der Waals surface area contributed by atoms with E-state index in [0.717, 1.165) is 25.3 Å². The molecule has 0 aromatic carbocycles. The maximum atomic E-state index is 5.87. The molecule has 0 aliphatic carbocycles. The van der Waals surface area contributed by atoms with Gasteiger partial charge in [-0.05, 0) is 25.5 Å². The summed E-state index contributed by atoms with van der Waals surface area (Å²) in [6.45, 7) is 6.43. The summed E-state index contributed by atoms with van der Waals surface area (Å²) in [7, 11) is 0. The molecule has 4 heteroatoms. The number of hydrogen-bond acceptors (Lipinski definition) is 2. The quantitative estimate of drug-likeness (QED) is 0.594. The highest BCUT2D eigenvalue weighted by molar-refractivity contribution is 5.77. The summed E-state index contributed by atoms with van der Waals surface area (Å²) in [6, 6.07) is 3.82. The second kappa shape index (κ2) is 6.11. The fourth-order valence-electron chi connectivity index (χ4n) is 1.27. The van der Waals surface area contributed by atoms with Crippen molar-refractivity contribution in [3.05, 3.63) is 24.2 Å². The summed E-state index contributed by atoms with van der Waals surface area (Å²) in [5.41, 5.74) is 5.87. The van der Waals surface area contributed by atoms with Crippen LogP contribution in [0.4, 0.5) is 0 Å². The summed E-state index contributed by atoms with van der Waals surface area (Å²) in [4.78, 5) is 6.27. The predicted octanol–water partition coefficient (Wildman–Crippen LogP) is 1.83. The minimum Gasteiger partial charge on any atom is -0.467 e. The van der Waals surface area contributed by atoms with E-state index in [1.807, 2.05) is 17.0 Å². The van der Waals surface area contributed by atoms with Crippen molar-refractivity contribution in [2.45, 2.75) is 26.8 Å². The van der Waals surface area contributed by atoms with E-state index in [9.17, 15) is 0 Å². The fraction of sp³-hybridized carbons (Fsp3) is 0.545. The van der Waals surface area contributed by atoms with E-state index in [1.165, 1.54) is 0 Å². The van der Waals surface area contributed by atoms with E-state index < -0.39 is 0 Å². The van der Waals surface area contributed by atoms with Crippen molar-refractivity contribution in [3.63, 3.8) is 0 Å². The molecular weight excluding hydrogens is 190 g/mol. The molecule has 0 fully saturated rings. The third kappa shape index (κ3) is 3.65. The first kappa shape index (κ1) is 11.6. The number of nitrogens with zero attached hydrogens (tertiary/aromatic N) is 2. The van der Waals surface area contributed by atoms with Gasteiger partial charge >= 0.3 is 0 Å². The molecule has 1 heterocycles. The standard InChI is InChI=1S/C11H19N3O/c1-3-7-13-11(12)14(4-2)9-10-6-5-8-15-10/h5-6,8H,3-4,7,9H2,1-2H3,(H2,12,13). The van der Waals surface area contributed by atoms with Crippen LogP contribution in [0.1, 0.15) is 26.0 Å². The smallest absolute Gasteiger partial charge is 0.191 e. The van der Waals surface area contributed by atoms with Gasteiger partial charge in [0.1, 0.15) is 5.76 Å². The summed E-state index contributed by atoms with van der Waals surface area (Å²) >= 11 is 0. The Hall–Kier alpha value is -1.45. The van der Waals surface area contributed by atoms with Crippen LogP contribution in [-0.4, -0.2) is 23.9 Å². The molecule has 0 aliphatic rings. The highest BCUT2D eigenvalue weighted by Gasteiger charge is 2.07. The summed E-state index contributed by atoms with van der Waals surface area (Å²) in [5, 5.41) is 0. The molecule has 0 atom stereocenters. The van der Waals surface area contributed by atoms with Gasteiger partial charge in [-0.25, -0.2) is 0 Å². The molecule has 0 spiro atoms. The Morgan fingerprint density at radius 1 is 1.53 bits per heavy atom. The van der Waals surface area contributed by atoms with Crippen molar-refractivity contribution in [2.75, 3.05) is 13.1 Å². The van der Waals surface area contributed by atoms with E-state index in [-0.39, 0.29) is 0 Å². The lowest BCUT2D eigenvalue weighted by molar-refractivity contribution is 0.371. The SMILES string of the molecule is CCCN=C(N)N(CC)Cc1ccco1. The van der Waals surface area contributed by atoms with Gasteiger partial charge in [-0.3, -0.25) is 4.99 Å². The lowest BCUT2D eigenvalue weighted by Gasteiger charge is -2.20. The van der Waals surface area contributed by atoms with Crippen molar-refractivity contribution in [1.82, 2.24) is 4.90 Å². The van der Waals surface area contributed by atoms with Crippen molar-refractivity contribution in [3.8, 4) is 0 Å². The van der Waals surface area contributed by atoms with Crippen LogP contribution < -0.4 is 5.73 Å². The average Bonchev–Trinajstić information content (AvgIpc) is 2.75. The van der Waals surface area contributed by atoms with Gasteiger partial charge in [0.25, 0.3) is 0 Å².